The third-order valence-electron chi connectivity index (χ3n) is 4.49. The number of hydrazine groups is 1. The molecule has 170 valence electrons. The van der Waals surface area contributed by atoms with Crippen molar-refractivity contribution in [3.05, 3.63) is 53.0 Å². The first kappa shape index (κ1) is 23.9. The van der Waals surface area contributed by atoms with Gasteiger partial charge >= 0.3 is 0 Å². The van der Waals surface area contributed by atoms with Crippen LogP contribution >= 0.6 is 23.1 Å². The highest BCUT2D eigenvalue weighted by molar-refractivity contribution is 7.99. The van der Waals surface area contributed by atoms with Crippen LogP contribution in [0.15, 0.2) is 42.5 Å². The van der Waals surface area contributed by atoms with Gasteiger partial charge in [0.1, 0.15) is 5.01 Å². The van der Waals surface area contributed by atoms with Crippen LogP contribution in [0.1, 0.15) is 35.6 Å². The summed E-state index contributed by atoms with van der Waals surface area (Å²) in [5.74, 6) is 1.72. The maximum Gasteiger partial charge on any atom is 0.269 e. The van der Waals surface area contributed by atoms with Crippen LogP contribution in [0.25, 0.3) is 10.2 Å². The van der Waals surface area contributed by atoms with Gasteiger partial charge in [-0.15, -0.1) is 23.1 Å². The molecule has 0 aliphatic heterocycles. The van der Waals surface area contributed by atoms with Crippen molar-refractivity contribution in [2.75, 3.05) is 19.5 Å². The Bertz CT molecular complexity index is 1040. The lowest BCUT2D eigenvalue weighted by Crippen LogP contribution is -2.42. The minimum atomic E-state index is -0.429. The Balaban J connectivity index is 1.44. The lowest BCUT2D eigenvalue weighted by Gasteiger charge is -2.13. The second-order valence-electron chi connectivity index (χ2n) is 7.47. The SMILES string of the molecule is COc1cc(C(=O)NNC(=O)CSCc2nc3ccccc3s2)ccc1OCCC(C)C. The molecule has 0 saturated heterocycles. The topological polar surface area (TPSA) is 89.6 Å². The van der Waals surface area contributed by atoms with Crippen LogP contribution in [0.4, 0.5) is 0 Å². The first-order chi connectivity index (χ1) is 15.5. The van der Waals surface area contributed by atoms with Crippen LogP contribution in [0.5, 0.6) is 11.5 Å². The minimum Gasteiger partial charge on any atom is -0.493 e. The van der Waals surface area contributed by atoms with Gasteiger partial charge in [-0.3, -0.25) is 20.4 Å². The summed E-state index contributed by atoms with van der Waals surface area (Å²) in [6.45, 7) is 4.83. The van der Waals surface area contributed by atoms with E-state index in [1.165, 1.54) is 18.9 Å². The molecule has 2 amide bonds. The van der Waals surface area contributed by atoms with E-state index in [4.69, 9.17) is 9.47 Å². The number of benzene rings is 2. The number of amides is 2. The summed E-state index contributed by atoms with van der Waals surface area (Å²) >= 11 is 3.06. The molecule has 0 radical (unpaired) electrons. The van der Waals surface area contributed by atoms with E-state index in [0.29, 0.717) is 35.3 Å². The largest absolute Gasteiger partial charge is 0.493 e. The van der Waals surface area contributed by atoms with Crippen LogP contribution in [-0.4, -0.2) is 36.3 Å². The maximum absolute atomic E-state index is 12.4. The van der Waals surface area contributed by atoms with Crippen molar-refractivity contribution in [2.24, 2.45) is 5.92 Å². The molecule has 9 heteroatoms. The molecule has 0 aliphatic carbocycles. The van der Waals surface area contributed by atoms with E-state index in [1.807, 2.05) is 24.3 Å². The molecule has 1 aromatic heterocycles. The van der Waals surface area contributed by atoms with E-state index in [2.05, 4.69) is 29.7 Å². The lowest BCUT2D eigenvalue weighted by atomic mass is 10.1. The Hall–Kier alpha value is -2.78. The fourth-order valence-electron chi connectivity index (χ4n) is 2.78. The van der Waals surface area contributed by atoms with Gasteiger partial charge < -0.3 is 9.47 Å². The molecule has 2 aromatic carbocycles. The van der Waals surface area contributed by atoms with Crippen LogP contribution in [0.3, 0.4) is 0 Å². The second kappa shape index (κ2) is 11.7. The van der Waals surface area contributed by atoms with Gasteiger partial charge in [0.15, 0.2) is 11.5 Å². The number of ether oxygens (including phenoxy) is 2. The fraction of sp³-hybridized carbons (Fsp3) is 0.348. The van der Waals surface area contributed by atoms with Crippen molar-refractivity contribution >= 4 is 45.1 Å². The number of carbonyl (C=O) groups excluding carboxylic acids is 2. The first-order valence-corrected chi connectivity index (χ1v) is 12.3. The van der Waals surface area contributed by atoms with Gasteiger partial charge in [0.2, 0.25) is 5.91 Å². The zero-order valence-electron chi connectivity index (χ0n) is 18.3. The summed E-state index contributed by atoms with van der Waals surface area (Å²) in [5, 5.41) is 0.968. The highest BCUT2D eigenvalue weighted by atomic mass is 32.2. The Morgan fingerprint density at radius 2 is 1.94 bits per heavy atom. The molecule has 0 saturated carbocycles. The second-order valence-corrected chi connectivity index (χ2v) is 9.57. The average molecular weight is 474 g/mol. The Kier molecular flexibility index (Phi) is 8.75. The quantitative estimate of drug-likeness (QED) is 0.424. The summed E-state index contributed by atoms with van der Waals surface area (Å²) in [6.07, 6.45) is 0.925. The van der Waals surface area contributed by atoms with Gasteiger partial charge in [-0.1, -0.05) is 26.0 Å². The number of carbonyl (C=O) groups is 2. The number of para-hydroxylation sites is 1. The van der Waals surface area contributed by atoms with Crippen molar-refractivity contribution in [3.8, 4) is 11.5 Å². The highest BCUT2D eigenvalue weighted by Gasteiger charge is 2.13. The molecule has 2 N–H and O–H groups in total. The molecular weight excluding hydrogens is 446 g/mol. The number of thioether (sulfide) groups is 1. The van der Waals surface area contributed by atoms with E-state index >= 15 is 0 Å². The summed E-state index contributed by atoms with van der Waals surface area (Å²) in [5.41, 5.74) is 6.21. The molecule has 0 bridgehead atoms. The number of rotatable bonds is 10. The molecule has 0 aliphatic rings. The molecule has 32 heavy (non-hydrogen) atoms. The maximum atomic E-state index is 12.4. The third kappa shape index (κ3) is 6.86. The number of fused-ring (bicyclic) bond motifs is 1. The Morgan fingerprint density at radius 3 is 2.69 bits per heavy atom. The Morgan fingerprint density at radius 1 is 1.12 bits per heavy atom. The predicted octanol–water partition coefficient (Wildman–Crippen LogP) is 4.42. The van der Waals surface area contributed by atoms with Crippen molar-refractivity contribution in [2.45, 2.75) is 26.0 Å². The van der Waals surface area contributed by atoms with Gasteiger partial charge in [0.05, 0.1) is 29.7 Å². The van der Waals surface area contributed by atoms with Crippen LogP contribution in [0.2, 0.25) is 0 Å². The summed E-state index contributed by atoms with van der Waals surface area (Å²) < 4.78 is 12.2. The highest BCUT2D eigenvalue weighted by Crippen LogP contribution is 2.28. The van der Waals surface area contributed by atoms with Gasteiger partial charge in [-0.2, -0.15) is 0 Å². The van der Waals surface area contributed by atoms with E-state index < -0.39 is 5.91 Å². The van der Waals surface area contributed by atoms with Gasteiger partial charge in [0.25, 0.3) is 5.91 Å². The van der Waals surface area contributed by atoms with Crippen molar-refractivity contribution in [1.29, 1.82) is 0 Å². The van der Waals surface area contributed by atoms with E-state index in [9.17, 15) is 9.59 Å². The summed E-state index contributed by atoms with van der Waals surface area (Å²) in [7, 11) is 1.52. The predicted molar refractivity (Wildman–Crippen MR) is 129 cm³/mol. The molecule has 7 nitrogen and oxygen atoms in total. The van der Waals surface area contributed by atoms with Crippen LogP contribution < -0.4 is 20.3 Å². The normalized spacial score (nSPS) is 10.9. The number of nitrogens with zero attached hydrogens (tertiary/aromatic N) is 1. The molecular formula is C23H27N3O4S2. The third-order valence-corrected chi connectivity index (χ3v) is 6.65. The molecule has 0 fully saturated rings. The van der Waals surface area contributed by atoms with E-state index in [0.717, 1.165) is 21.6 Å². The monoisotopic (exact) mass is 473 g/mol. The smallest absolute Gasteiger partial charge is 0.269 e. The van der Waals surface area contributed by atoms with Crippen LogP contribution in [0, 0.1) is 5.92 Å². The molecule has 3 rings (SSSR count). The molecule has 3 aromatic rings. The van der Waals surface area contributed by atoms with Crippen LogP contribution in [-0.2, 0) is 10.5 Å². The molecule has 0 spiro atoms. The van der Waals surface area contributed by atoms with Crippen molar-refractivity contribution in [1.82, 2.24) is 15.8 Å². The van der Waals surface area contributed by atoms with Gasteiger partial charge in [0, 0.05) is 11.3 Å². The van der Waals surface area contributed by atoms with Gasteiger partial charge in [-0.05, 0) is 42.7 Å². The lowest BCUT2D eigenvalue weighted by molar-refractivity contribution is -0.119. The number of hydrogen-bond acceptors (Lipinski definition) is 7. The van der Waals surface area contributed by atoms with Gasteiger partial charge in [-0.25, -0.2) is 4.98 Å². The first-order valence-electron chi connectivity index (χ1n) is 10.3. The minimum absolute atomic E-state index is 0.210. The molecule has 0 unspecified atom stereocenters. The zero-order valence-corrected chi connectivity index (χ0v) is 20.0. The summed E-state index contributed by atoms with van der Waals surface area (Å²) in [6, 6.07) is 12.9. The standard InChI is InChI=1S/C23H27N3O4S2/c1-15(2)10-11-30-18-9-8-16(12-19(18)29-3)23(28)26-25-21(27)13-31-14-22-24-17-6-4-5-7-20(17)32-22/h4-9,12,15H,10-11,13-14H2,1-3H3,(H,25,27)(H,26,28). The number of aromatic nitrogens is 1. The summed E-state index contributed by atoms with van der Waals surface area (Å²) in [4.78, 5) is 29.0. The molecule has 1 heterocycles. The van der Waals surface area contributed by atoms with E-state index in [-0.39, 0.29) is 11.7 Å². The number of hydrogen-bond donors (Lipinski definition) is 2. The Labute approximate surface area is 195 Å². The number of methoxy groups -OCH3 is 1. The fourth-order valence-corrected chi connectivity index (χ4v) is 4.63. The van der Waals surface area contributed by atoms with E-state index in [1.54, 1.807) is 29.5 Å². The number of thiazole rings is 1. The average Bonchev–Trinajstić information content (AvgIpc) is 3.20. The number of nitrogens with one attached hydrogen (secondary N) is 2. The van der Waals surface area contributed by atoms with Crippen molar-refractivity contribution in [3.63, 3.8) is 0 Å². The molecule has 0 atom stereocenters. The zero-order chi connectivity index (χ0) is 22.9. The van der Waals surface area contributed by atoms with Crippen molar-refractivity contribution < 1.29 is 19.1 Å².